The molecule has 0 aliphatic carbocycles. The fraction of sp³-hybridized carbons (Fsp3) is 0.500. The summed E-state index contributed by atoms with van der Waals surface area (Å²) in [7, 11) is 0. The number of carbonyl (C=O) groups is 1. The molecule has 2 aliphatic heterocycles. The predicted molar refractivity (Wildman–Crippen MR) is 127 cm³/mol. The normalized spacial score (nSPS) is 20.3. The third kappa shape index (κ3) is 4.75. The number of urea groups is 1. The molecular formula is C26H34ClN3O. The van der Waals surface area contributed by atoms with Gasteiger partial charge in [0.05, 0.1) is 6.04 Å². The van der Waals surface area contributed by atoms with Crippen LogP contribution in [0.3, 0.4) is 0 Å². The highest BCUT2D eigenvalue weighted by atomic mass is 35.5. The highest BCUT2D eigenvalue weighted by Crippen LogP contribution is 2.39. The Morgan fingerprint density at radius 1 is 0.968 bits per heavy atom. The molecule has 2 aliphatic rings. The summed E-state index contributed by atoms with van der Waals surface area (Å²) in [4.78, 5) is 20.4. The van der Waals surface area contributed by atoms with E-state index >= 15 is 0 Å². The second-order valence-electron chi connectivity index (χ2n) is 9.09. The van der Waals surface area contributed by atoms with Crippen molar-refractivity contribution in [3.05, 3.63) is 70.7 Å². The van der Waals surface area contributed by atoms with Crippen molar-refractivity contribution in [2.75, 3.05) is 26.2 Å². The van der Waals surface area contributed by atoms with Crippen molar-refractivity contribution in [1.82, 2.24) is 14.7 Å². The number of halogens is 1. The Morgan fingerprint density at radius 2 is 1.61 bits per heavy atom. The first kappa shape index (κ1) is 22.2. The Bertz CT molecular complexity index is 862. The maximum absolute atomic E-state index is 13.6. The summed E-state index contributed by atoms with van der Waals surface area (Å²) >= 11 is 6.03. The number of carbonyl (C=O) groups excluding carboxylic acids is 1. The summed E-state index contributed by atoms with van der Waals surface area (Å²) in [6.07, 6.45) is 4.17. The van der Waals surface area contributed by atoms with E-state index in [9.17, 15) is 4.79 Å². The smallest absolute Gasteiger partial charge is 0.319 e. The molecule has 2 fully saturated rings. The number of rotatable bonds is 6. The van der Waals surface area contributed by atoms with E-state index in [4.69, 9.17) is 11.6 Å². The van der Waals surface area contributed by atoms with Crippen LogP contribution in [0.1, 0.15) is 56.7 Å². The van der Waals surface area contributed by atoms with Gasteiger partial charge >= 0.3 is 6.03 Å². The fourth-order valence-corrected chi connectivity index (χ4v) is 5.37. The molecule has 5 heteroatoms. The fourth-order valence-electron chi connectivity index (χ4n) is 5.24. The molecular weight excluding hydrogens is 406 g/mol. The van der Waals surface area contributed by atoms with Gasteiger partial charge in [0.25, 0.3) is 0 Å². The number of piperidine rings is 1. The van der Waals surface area contributed by atoms with E-state index in [2.05, 4.69) is 64.9 Å². The molecule has 0 saturated carbocycles. The van der Waals surface area contributed by atoms with Crippen LogP contribution in [-0.2, 0) is 6.54 Å². The molecule has 2 saturated heterocycles. The molecule has 2 amide bonds. The van der Waals surface area contributed by atoms with Crippen molar-refractivity contribution >= 4 is 17.6 Å². The van der Waals surface area contributed by atoms with E-state index < -0.39 is 0 Å². The van der Waals surface area contributed by atoms with Crippen LogP contribution in [0.4, 0.5) is 4.79 Å². The number of nitrogens with zero attached hydrogens (tertiary/aromatic N) is 3. The van der Waals surface area contributed by atoms with Crippen LogP contribution in [0.5, 0.6) is 0 Å². The number of hydrogen-bond acceptors (Lipinski definition) is 2. The minimum absolute atomic E-state index is 0.0104. The minimum atomic E-state index is 0.0104. The molecule has 0 bridgehead atoms. The number of benzene rings is 2. The van der Waals surface area contributed by atoms with E-state index in [1.165, 1.54) is 11.1 Å². The molecule has 4 nitrogen and oxygen atoms in total. The number of amides is 2. The summed E-state index contributed by atoms with van der Waals surface area (Å²) in [5.41, 5.74) is 2.52. The van der Waals surface area contributed by atoms with Crippen molar-refractivity contribution in [3.8, 4) is 0 Å². The first-order valence-corrected chi connectivity index (χ1v) is 12.0. The topological polar surface area (TPSA) is 26.8 Å². The number of likely N-dealkylation sites (tertiary alicyclic amines) is 1. The number of hydrogen-bond donors (Lipinski definition) is 0. The zero-order chi connectivity index (χ0) is 21.8. The van der Waals surface area contributed by atoms with Gasteiger partial charge in [0.15, 0.2) is 0 Å². The summed E-state index contributed by atoms with van der Waals surface area (Å²) in [6.45, 7) is 9.03. The Balaban J connectivity index is 1.44. The molecule has 0 unspecified atom stereocenters. The van der Waals surface area contributed by atoms with Crippen molar-refractivity contribution in [2.45, 2.75) is 57.7 Å². The van der Waals surface area contributed by atoms with Gasteiger partial charge in [-0.3, -0.25) is 4.90 Å². The lowest BCUT2D eigenvalue weighted by atomic mass is 9.80. The molecule has 2 aromatic rings. The Hall–Kier alpha value is -2.04. The quantitative estimate of drug-likeness (QED) is 0.554. The second-order valence-corrected chi connectivity index (χ2v) is 9.53. The van der Waals surface area contributed by atoms with Gasteiger partial charge in [-0.25, -0.2) is 4.79 Å². The zero-order valence-corrected chi connectivity index (χ0v) is 19.5. The molecule has 1 spiro atoms. The maximum atomic E-state index is 13.6. The summed E-state index contributed by atoms with van der Waals surface area (Å²) in [5.74, 6) is 0. The van der Waals surface area contributed by atoms with E-state index in [0.717, 1.165) is 63.4 Å². The van der Waals surface area contributed by atoms with E-state index in [0.29, 0.717) is 0 Å². The van der Waals surface area contributed by atoms with Crippen LogP contribution in [0.25, 0.3) is 0 Å². The highest BCUT2D eigenvalue weighted by Gasteiger charge is 2.47. The Kier molecular flexibility index (Phi) is 6.88. The van der Waals surface area contributed by atoms with Gasteiger partial charge in [0.1, 0.15) is 0 Å². The van der Waals surface area contributed by atoms with Crippen LogP contribution in [0, 0.1) is 0 Å². The molecule has 1 atom stereocenters. The van der Waals surface area contributed by atoms with E-state index in [-0.39, 0.29) is 17.6 Å². The van der Waals surface area contributed by atoms with Crippen molar-refractivity contribution in [2.24, 2.45) is 0 Å². The summed E-state index contributed by atoms with van der Waals surface area (Å²) in [5, 5.41) is 0.784. The lowest BCUT2D eigenvalue weighted by Crippen LogP contribution is -2.65. The average molecular weight is 440 g/mol. The van der Waals surface area contributed by atoms with Gasteiger partial charge in [-0.15, -0.1) is 0 Å². The summed E-state index contributed by atoms with van der Waals surface area (Å²) in [6, 6.07) is 18.9. The Labute approximate surface area is 191 Å². The van der Waals surface area contributed by atoms with E-state index in [1.807, 2.05) is 18.2 Å². The van der Waals surface area contributed by atoms with Gasteiger partial charge in [-0.05, 0) is 55.9 Å². The predicted octanol–water partition coefficient (Wildman–Crippen LogP) is 5.97. The highest BCUT2D eigenvalue weighted by molar-refractivity contribution is 6.30. The van der Waals surface area contributed by atoms with Gasteiger partial charge < -0.3 is 9.80 Å². The SMILES string of the molecule is CCCN1C(=O)N([C@H](C)c2ccccc2)CCC12CCN(Cc1ccc(Cl)cc1)CC2. The molecule has 0 aromatic heterocycles. The third-order valence-corrected chi connectivity index (χ3v) is 7.42. The minimum Gasteiger partial charge on any atom is -0.319 e. The molecule has 2 heterocycles. The summed E-state index contributed by atoms with van der Waals surface area (Å²) < 4.78 is 0. The molecule has 0 N–H and O–H groups in total. The van der Waals surface area contributed by atoms with Crippen LogP contribution >= 0.6 is 11.6 Å². The van der Waals surface area contributed by atoms with Crippen molar-refractivity contribution in [1.29, 1.82) is 0 Å². The maximum Gasteiger partial charge on any atom is 0.320 e. The lowest BCUT2D eigenvalue weighted by molar-refractivity contribution is -0.0114. The van der Waals surface area contributed by atoms with Gasteiger partial charge in [-0.2, -0.15) is 0 Å². The third-order valence-electron chi connectivity index (χ3n) is 7.17. The standard InChI is InChI=1S/C26H34ClN3O/c1-3-16-30-25(31)29(21(2)23-7-5-4-6-8-23)19-15-26(30)13-17-28(18-14-26)20-22-9-11-24(27)12-10-22/h4-12,21H,3,13-20H2,1-2H3/t21-/m1/s1. The molecule has 0 radical (unpaired) electrons. The van der Waals surface area contributed by atoms with Crippen LogP contribution in [0.15, 0.2) is 54.6 Å². The van der Waals surface area contributed by atoms with Gasteiger partial charge in [0.2, 0.25) is 0 Å². The van der Waals surface area contributed by atoms with Gasteiger partial charge in [-0.1, -0.05) is 61.0 Å². The molecule has 4 rings (SSSR count). The van der Waals surface area contributed by atoms with E-state index in [1.54, 1.807) is 0 Å². The first-order chi connectivity index (χ1) is 15.0. The molecule has 166 valence electrons. The van der Waals surface area contributed by atoms with Crippen molar-refractivity contribution < 1.29 is 4.79 Å². The molecule has 31 heavy (non-hydrogen) atoms. The van der Waals surface area contributed by atoms with Crippen LogP contribution < -0.4 is 0 Å². The zero-order valence-electron chi connectivity index (χ0n) is 18.8. The largest absolute Gasteiger partial charge is 0.320 e. The average Bonchev–Trinajstić information content (AvgIpc) is 2.80. The lowest BCUT2D eigenvalue weighted by Gasteiger charge is -2.54. The van der Waals surface area contributed by atoms with Crippen molar-refractivity contribution in [3.63, 3.8) is 0 Å². The second kappa shape index (κ2) is 9.62. The molecule has 2 aromatic carbocycles. The first-order valence-electron chi connectivity index (χ1n) is 11.6. The van der Waals surface area contributed by atoms with Gasteiger partial charge in [0, 0.05) is 43.3 Å². The van der Waals surface area contributed by atoms with Crippen LogP contribution in [-0.4, -0.2) is 52.4 Å². The monoisotopic (exact) mass is 439 g/mol. The Morgan fingerprint density at radius 3 is 2.26 bits per heavy atom. The van der Waals surface area contributed by atoms with Crippen LogP contribution in [0.2, 0.25) is 5.02 Å².